The lowest BCUT2D eigenvalue weighted by Crippen LogP contribution is -2.22. The van der Waals surface area contributed by atoms with Crippen LogP contribution in [0, 0.1) is 0 Å². The summed E-state index contributed by atoms with van der Waals surface area (Å²) in [5.41, 5.74) is 4.54. The summed E-state index contributed by atoms with van der Waals surface area (Å²) in [6.45, 7) is 4.92. The van der Waals surface area contributed by atoms with Gasteiger partial charge in [0, 0.05) is 50.3 Å². The number of carbonyl (C=O) groups is 2. The van der Waals surface area contributed by atoms with Gasteiger partial charge in [0.05, 0.1) is 5.25 Å². The molecule has 0 aliphatic carbocycles. The Morgan fingerprint density at radius 1 is 0.730 bits per heavy atom. The standard InChI is InChI=1S/C30H28N4O2S/c1-3-34-27-12-8-7-11-25(27)26-19-23(15-18-28(26)34)31-29(35)20(2)37-24-16-13-22(14-17-24)33-30(36)32-21-9-5-4-6-10-21/h4-20H,3H2,1-2H3,(H,31,35)(H2,32,33,36). The Morgan fingerprint density at radius 2 is 1.35 bits per heavy atom. The largest absolute Gasteiger partial charge is 0.341 e. The van der Waals surface area contributed by atoms with Gasteiger partial charge in [0.15, 0.2) is 0 Å². The Bertz CT molecular complexity index is 1560. The van der Waals surface area contributed by atoms with Crippen LogP contribution in [-0.4, -0.2) is 21.8 Å². The normalized spacial score (nSPS) is 11.8. The highest BCUT2D eigenvalue weighted by Crippen LogP contribution is 2.32. The number of hydrogen-bond acceptors (Lipinski definition) is 3. The molecule has 1 aromatic heterocycles. The lowest BCUT2D eigenvalue weighted by Gasteiger charge is -2.13. The number of para-hydroxylation sites is 2. The molecule has 0 aliphatic rings. The molecule has 1 atom stereocenters. The van der Waals surface area contributed by atoms with Crippen LogP contribution in [0.3, 0.4) is 0 Å². The van der Waals surface area contributed by atoms with Gasteiger partial charge in [-0.25, -0.2) is 4.79 Å². The van der Waals surface area contributed by atoms with Crippen LogP contribution in [0.4, 0.5) is 21.9 Å². The number of amides is 3. The fraction of sp³-hybridized carbons (Fsp3) is 0.133. The predicted octanol–water partition coefficient (Wildman–Crippen LogP) is 7.58. The third-order valence-corrected chi connectivity index (χ3v) is 7.29. The van der Waals surface area contributed by atoms with Crippen molar-refractivity contribution >= 4 is 62.6 Å². The fourth-order valence-corrected chi connectivity index (χ4v) is 5.27. The van der Waals surface area contributed by atoms with Gasteiger partial charge < -0.3 is 20.5 Å². The minimum atomic E-state index is -0.307. The Kier molecular flexibility index (Phi) is 7.14. The van der Waals surface area contributed by atoms with Crippen molar-refractivity contribution in [2.24, 2.45) is 0 Å². The van der Waals surface area contributed by atoms with Gasteiger partial charge in [0.2, 0.25) is 5.91 Å². The van der Waals surface area contributed by atoms with E-state index in [4.69, 9.17) is 0 Å². The van der Waals surface area contributed by atoms with E-state index in [2.05, 4.69) is 57.8 Å². The van der Waals surface area contributed by atoms with Crippen LogP contribution in [-0.2, 0) is 11.3 Å². The maximum Gasteiger partial charge on any atom is 0.323 e. The molecule has 0 bridgehead atoms. The van der Waals surface area contributed by atoms with Crippen LogP contribution in [0.2, 0.25) is 0 Å². The van der Waals surface area contributed by atoms with Gasteiger partial charge >= 0.3 is 6.03 Å². The molecule has 0 saturated carbocycles. The molecule has 1 heterocycles. The van der Waals surface area contributed by atoms with E-state index in [-0.39, 0.29) is 17.2 Å². The average Bonchev–Trinajstić information content (AvgIpc) is 3.23. The maximum atomic E-state index is 13.0. The molecular weight excluding hydrogens is 480 g/mol. The molecule has 4 aromatic carbocycles. The zero-order valence-corrected chi connectivity index (χ0v) is 21.5. The van der Waals surface area contributed by atoms with Gasteiger partial charge in [-0.15, -0.1) is 11.8 Å². The van der Waals surface area contributed by atoms with Crippen LogP contribution in [0.25, 0.3) is 21.8 Å². The van der Waals surface area contributed by atoms with Gasteiger partial charge in [-0.2, -0.15) is 0 Å². The first-order valence-corrected chi connectivity index (χ1v) is 13.1. The molecule has 0 radical (unpaired) electrons. The van der Waals surface area contributed by atoms with E-state index in [1.807, 2.05) is 73.7 Å². The Morgan fingerprint density at radius 3 is 2.08 bits per heavy atom. The molecular formula is C30H28N4O2S. The van der Waals surface area contributed by atoms with Crippen molar-refractivity contribution in [1.29, 1.82) is 0 Å². The minimum Gasteiger partial charge on any atom is -0.341 e. The van der Waals surface area contributed by atoms with Crippen LogP contribution in [0.1, 0.15) is 13.8 Å². The number of fused-ring (bicyclic) bond motifs is 3. The van der Waals surface area contributed by atoms with Crippen LogP contribution < -0.4 is 16.0 Å². The first-order chi connectivity index (χ1) is 18.0. The summed E-state index contributed by atoms with van der Waals surface area (Å²) >= 11 is 1.47. The number of thioether (sulfide) groups is 1. The molecule has 0 saturated heterocycles. The molecule has 1 unspecified atom stereocenters. The maximum absolute atomic E-state index is 13.0. The summed E-state index contributed by atoms with van der Waals surface area (Å²) < 4.78 is 2.29. The quantitative estimate of drug-likeness (QED) is 0.198. The summed E-state index contributed by atoms with van der Waals surface area (Å²) in [6.07, 6.45) is 0. The third kappa shape index (κ3) is 5.47. The molecule has 186 valence electrons. The van der Waals surface area contributed by atoms with Crippen molar-refractivity contribution in [1.82, 2.24) is 4.57 Å². The first kappa shape index (κ1) is 24.5. The highest BCUT2D eigenvalue weighted by molar-refractivity contribution is 8.00. The highest BCUT2D eigenvalue weighted by Gasteiger charge is 2.16. The number of urea groups is 1. The van der Waals surface area contributed by atoms with Crippen molar-refractivity contribution in [2.75, 3.05) is 16.0 Å². The molecule has 7 heteroatoms. The number of anilines is 3. The number of nitrogens with zero attached hydrogens (tertiary/aromatic N) is 1. The number of carbonyl (C=O) groups excluding carboxylic acids is 2. The Labute approximate surface area is 220 Å². The highest BCUT2D eigenvalue weighted by atomic mass is 32.2. The summed E-state index contributed by atoms with van der Waals surface area (Å²) in [5.74, 6) is -0.0620. The van der Waals surface area contributed by atoms with Gasteiger partial charge in [-0.1, -0.05) is 36.4 Å². The molecule has 6 nitrogen and oxygen atoms in total. The number of hydrogen-bond donors (Lipinski definition) is 3. The lowest BCUT2D eigenvalue weighted by molar-refractivity contribution is -0.115. The van der Waals surface area contributed by atoms with Crippen molar-refractivity contribution in [3.8, 4) is 0 Å². The van der Waals surface area contributed by atoms with Crippen molar-refractivity contribution in [3.05, 3.63) is 97.1 Å². The second-order valence-electron chi connectivity index (χ2n) is 8.71. The number of nitrogens with one attached hydrogen (secondary N) is 3. The summed E-state index contributed by atoms with van der Waals surface area (Å²) in [6, 6.07) is 30.9. The van der Waals surface area contributed by atoms with E-state index >= 15 is 0 Å². The van der Waals surface area contributed by atoms with Crippen molar-refractivity contribution < 1.29 is 9.59 Å². The number of rotatable bonds is 7. The zero-order chi connectivity index (χ0) is 25.8. The SMILES string of the molecule is CCn1c2ccccc2c2cc(NC(=O)C(C)Sc3ccc(NC(=O)Nc4ccccc4)cc3)ccc21. The van der Waals surface area contributed by atoms with Gasteiger partial charge in [-0.05, 0) is 74.5 Å². The molecule has 3 N–H and O–H groups in total. The van der Waals surface area contributed by atoms with Gasteiger partial charge in [0.1, 0.15) is 0 Å². The molecule has 0 spiro atoms. The van der Waals surface area contributed by atoms with E-state index in [9.17, 15) is 9.59 Å². The second kappa shape index (κ2) is 10.8. The zero-order valence-electron chi connectivity index (χ0n) is 20.7. The smallest absolute Gasteiger partial charge is 0.323 e. The first-order valence-electron chi connectivity index (χ1n) is 12.2. The molecule has 3 amide bonds. The summed E-state index contributed by atoms with van der Waals surface area (Å²) in [7, 11) is 0. The number of aryl methyl sites for hydroxylation is 1. The molecule has 0 aliphatic heterocycles. The van der Waals surface area contributed by atoms with E-state index in [0.29, 0.717) is 5.69 Å². The molecule has 0 fully saturated rings. The van der Waals surface area contributed by atoms with Crippen molar-refractivity contribution in [2.45, 2.75) is 30.5 Å². The number of aromatic nitrogens is 1. The van der Waals surface area contributed by atoms with E-state index in [1.165, 1.54) is 22.7 Å². The van der Waals surface area contributed by atoms with Crippen LogP contribution in [0.5, 0.6) is 0 Å². The second-order valence-corrected chi connectivity index (χ2v) is 10.1. The van der Waals surface area contributed by atoms with E-state index in [0.717, 1.165) is 33.7 Å². The fourth-order valence-electron chi connectivity index (χ4n) is 4.41. The monoisotopic (exact) mass is 508 g/mol. The molecule has 5 rings (SSSR count). The minimum absolute atomic E-state index is 0.0620. The summed E-state index contributed by atoms with van der Waals surface area (Å²) in [4.78, 5) is 26.1. The van der Waals surface area contributed by atoms with E-state index in [1.54, 1.807) is 0 Å². The van der Waals surface area contributed by atoms with Gasteiger partial charge in [0.25, 0.3) is 0 Å². The van der Waals surface area contributed by atoms with Crippen LogP contribution >= 0.6 is 11.8 Å². The van der Waals surface area contributed by atoms with Crippen LogP contribution in [0.15, 0.2) is 102 Å². The van der Waals surface area contributed by atoms with Crippen molar-refractivity contribution in [3.63, 3.8) is 0 Å². The van der Waals surface area contributed by atoms with E-state index < -0.39 is 0 Å². The molecule has 5 aromatic rings. The third-order valence-electron chi connectivity index (χ3n) is 6.18. The topological polar surface area (TPSA) is 75.2 Å². The van der Waals surface area contributed by atoms with Gasteiger partial charge in [-0.3, -0.25) is 4.79 Å². The molecule has 37 heavy (non-hydrogen) atoms. The average molecular weight is 509 g/mol. The Balaban J connectivity index is 1.21. The summed E-state index contributed by atoms with van der Waals surface area (Å²) in [5, 5.41) is 10.7. The predicted molar refractivity (Wildman–Crippen MR) is 155 cm³/mol. The number of benzene rings is 4. The Hall–Kier alpha value is -4.23. The lowest BCUT2D eigenvalue weighted by atomic mass is 10.1.